The van der Waals surface area contributed by atoms with E-state index < -0.39 is 0 Å². The van der Waals surface area contributed by atoms with Crippen molar-refractivity contribution >= 4 is 27.4 Å². The summed E-state index contributed by atoms with van der Waals surface area (Å²) in [5.74, 6) is 0.955. The second-order valence-corrected chi connectivity index (χ2v) is 4.87. The zero-order valence-corrected chi connectivity index (χ0v) is 10.9. The lowest BCUT2D eigenvalue weighted by molar-refractivity contribution is 0.0891. The Hall–Kier alpha value is -0.810. The smallest absolute Gasteiger partial charge is 0.143 e. The van der Waals surface area contributed by atoms with E-state index in [1.165, 1.54) is 0 Å². The lowest BCUT2D eigenvalue weighted by Crippen LogP contribution is -2.39. The quantitative estimate of drug-likeness (QED) is 0.904. The summed E-state index contributed by atoms with van der Waals surface area (Å²) >= 11 is 3.50. The van der Waals surface area contributed by atoms with Crippen LogP contribution in [0.4, 0.5) is 11.5 Å². The number of pyridine rings is 1. The first kappa shape index (κ1) is 11.7. The summed E-state index contributed by atoms with van der Waals surface area (Å²) in [5, 5.41) is 0. The van der Waals surface area contributed by atoms with Crippen LogP contribution in [-0.4, -0.2) is 31.3 Å². The Kier molecular flexibility index (Phi) is 3.66. The van der Waals surface area contributed by atoms with Crippen molar-refractivity contribution in [1.29, 1.82) is 0 Å². The van der Waals surface area contributed by atoms with Gasteiger partial charge >= 0.3 is 0 Å². The van der Waals surface area contributed by atoms with Crippen LogP contribution in [-0.2, 0) is 4.74 Å². The van der Waals surface area contributed by atoms with Gasteiger partial charge in [-0.15, -0.1) is 0 Å². The molecule has 1 fully saturated rings. The Bertz CT molecular complexity index is 372. The van der Waals surface area contributed by atoms with Crippen molar-refractivity contribution in [2.45, 2.75) is 18.9 Å². The van der Waals surface area contributed by atoms with Crippen molar-refractivity contribution in [3.05, 3.63) is 16.7 Å². The molecule has 2 rings (SSSR count). The van der Waals surface area contributed by atoms with Gasteiger partial charge in [-0.2, -0.15) is 0 Å². The third-order valence-electron chi connectivity index (χ3n) is 2.85. The van der Waals surface area contributed by atoms with E-state index in [1.807, 2.05) is 6.07 Å². The first-order chi connectivity index (χ1) is 7.70. The van der Waals surface area contributed by atoms with Crippen LogP contribution >= 0.6 is 15.9 Å². The molecule has 1 atom stereocenters. The fraction of sp³-hybridized carbons (Fsp3) is 0.545. The molecule has 88 valence electrons. The molecule has 0 aromatic carbocycles. The fourth-order valence-electron chi connectivity index (χ4n) is 2.00. The van der Waals surface area contributed by atoms with E-state index >= 15 is 0 Å². The SMILES string of the molecule is COC1CCCN(c2ncc(N)cc2Br)C1. The van der Waals surface area contributed by atoms with E-state index in [1.54, 1.807) is 13.3 Å². The summed E-state index contributed by atoms with van der Waals surface area (Å²) in [6.45, 7) is 1.92. The Balaban J connectivity index is 2.16. The van der Waals surface area contributed by atoms with Crippen LogP contribution in [0.1, 0.15) is 12.8 Å². The third-order valence-corrected chi connectivity index (χ3v) is 3.44. The number of hydrogen-bond acceptors (Lipinski definition) is 4. The average Bonchev–Trinajstić information content (AvgIpc) is 2.29. The number of halogens is 1. The number of methoxy groups -OCH3 is 1. The molecule has 0 radical (unpaired) electrons. The van der Waals surface area contributed by atoms with Gasteiger partial charge in [0, 0.05) is 20.2 Å². The number of nitrogens with zero attached hydrogens (tertiary/aromatic N) is 2. The molecule has 5 heteroatoms. The van der Waals surface area contributed by atoms with Crippen LogP contribution in [0.3, 0.4) is 0 Å². The normalized spacial score (nSPS) is 21.1. The Morgan fingerprint density at radius 1 is 1.62 bits per heavy atom. The van der Waals surface area contributed by atoms with Crippen LogP contribution in [0.15, 0.2) is 16.7 Å². The number of nitrogens with two attached hydrogens (primary N) is 1. The molecule has 0 amide bonds. The van der Waals surface area contributed by atoms with E-state index in [9.17, 15) is 0 Å². The van der Waals surface area contributed by atoms with Crippen molar-refractivity contribution in [3.63, 3.8) is 0 Å². The zero-order valence-electron chi connectivity index (χ0n) is 9.32. The van der Waals surface area contributed by atoms with Crippen molar-refractivity contribution in [2.75, 3.05) is 30.8 Å². The van der Waals surface area contributed by atoms with Crippen molar-refractivity contribution in [1.82, 2.24) is 4.98 Å². The molecule has 1 aromatic heterocycles. The summed E-state index contributed by atoms with van der Waals surface area (Å²) in [6, 6.07) is 1.89. The molecule has 2 heterocycles. The predicted molar refractivity (Wildman–Crippen MR) is 68.6 cm³/mol. The number of nitrogen functional groups attached to an aromatic ring is 1. The van der Waals surface area contributed by atoms with E-state index in [0.717, 1.165) is 36.2 Å². The molecule has 4 nitrogen and oxygen atoms in total. The largest absolute Gasteiger partial charge is 0.397 e. The number of aromatic nitrogens is 1. The van der Waals surface area contributed by atoms with Crippen LogP contribution in [0.2, 0.25) is 0 Å². The fourth-order valence-corrected chi connectivity index (χ4v) is 2.62. The summed E-state index contributed by atoms with van der Waals surface area (Å²) in [4.78, 5) is 6.61. The lowest BCUT2D eigenvalue weighted by atomic mass is 10.1. The van der Waals surface area contributed by atoms with Crippen LogP contribution in [0.25, 0.3) is 0 Å². The minimum atomic E-state index is 0.306. The molecule has 0 bridgehead atoms. The molecular formula is C11H16BrN3O. The maximum Gasteiger partial charge on any atom is 0.143 e. The topological polar surface area (TPSA) is 51.4 Å². The maximum atomic E-state index is 5.67. The minimum Gasteiger partial charge on any atom is -0.397 e. The van der Waals surface area contributed by atoms with Gasteiger partial charge in [-0.3, -0.25) is 0 Å². The van der Waals surface area contributed by atoms with Gasteiger partial charge in [-0.1, -0.05) is 0 Å². The van der Waals surface area contributed by atoms with Crippen LogP contribution in [0.5, 0.6) is 0 Å². The van der Waals surface area contributed by atoms with Gasteiger partial charge in [0.05, 0.1) is 22.5 Å². The summed E-state index contributed by atoms with van der Waals surface area (Å²) in [7, 11) is 1.76. The van der Waals surface area contributed by atoms with Gasteiger partial charge in [0.25, 0.3) is 0 Å². The number of anilines is 2. The molecule has 1 aliphatic heterocycles. The summed E-state index contributed by atoms with van der Waals surface area (Å²) in [5.41, 5.74) is 6.35. The van der Waals surface area contributed by atoms with Crippen molar-refractivity contribution < 1.29 is 4.74 Å². The van der Waals surface area contributed by atoms with Gasteiger partial charge in [0.15, 0.2) is 0 Å². The van der Waals surface area contributed by atoms with E-state index in [-0.39, 0.29) is 0 Å². The molecule has 16 heavy (non-hydrogen) atoms. The highest BCUT2D eigenvalue weighted by atomic mass is 79.9. The number of ether oxygens (including phenoxy) is 1. The second kappa shape index (κ2) is 5.01. The highest BCUT2D eigenvalue weighted by Crippen LogP contribution is 2.28. The van der Waals surface area contributed by atoms with Gasteiger partial charge in [-0.25, -0.2) is 4.98 Å². The van der Waals surface area contributed by atoms with Crippen molar-refractivity contribution in [2.24, 2.45) is 0 Å². The number of piperidine rings is 1. The molecule has 1 aliphatic rings. The van der Waals surface area contributed by atoms with Gasteiger partial charge in [0.1, 0.15) is 5.82 Å². The maximum absolute atomic E-state index is 5.67. The number of hydrogen-bond donors (Lipinski definition) is 1. The summed E-state index contributed by atoms with van der Waals surface area (Å²) in [6.07, 6.45) is 4.26. The minimum absolute atomic E-state index is 0.306. The first-order valence-electron chi connectivity index (χ1n) is 5.39. The predicted octanol–water partition coefficient (Wildman–Crippen LogP) is 2.04. The number of rotatable bonds is 2. The second-order valence-electron chi connectivity index (χ2n) is 4.02. The first-order valence-corrected chi connectivity index (χ1v) is 6.18. The Morgan fingerprint density at radius 2 is 2.44 bits per heavy atom. The third kappa shape index (κ3) is 2.47. The highest BCUT2D eigenvalue weighted by molar-refractivity contribution is 9.10. The molecule has 1 aromatic rings. The molecule has 1 unspecified atom stereocenters. The average molecular weight is 286 g/mol. The lowest BCUT2D eigenvalue weighted by Gasteiger charge is -2.33. The van der Waals surface area contributed by atoms with Crippen LogP contribution in [0, 0.1) is 0 Å². The van der Waals surface area contributed by atoms with Crippen LogP contribution < -0.4 is 10.6 Å². The Labute approximate surface area is 104 Å². The molecule has 2 N–H and O–H groups in total. The standard InChI is InChI=1S/C11H16BrN3O/c1-16-9-3-2-4-15(7-9)11-10(12)5-8(13)6-14-11/h5-6,9H,2-4,7,13H2,1H3. The van der Waals surface area contributed by atoms with E-state index in [0.29, 0.717) is 11.8 Å². The zero-order chi connectivity index (χ0) is 11.5. The van der Waals surface area contributed by atoms with Gasteiger partial charge < -0.3 is 15.4 Å². The van der Waals surface area contributed by atoms with E-state index in [4.69, 9.17) is 10.5 Å². The molecule has 0 saturated carbocycles. The van der Waals surface area contributed by atoms with Gasteiger partial charge in [0.2, 0.25) is 0 Å². The Morgan fingerprint density at radius 3 is 3.12 bits per heavy atom. The van der Waals surface area contributed by atoms with Crippen molar-refractivity contribution in [3.8, 4) is 0 Å². The molecule has 1 saturated heterocycles. The van der Waals surface area contributed by atoms with E-state index in [2.05, 4.69) is 25.8 Å². The molecular weight excluding hydrogens is 270 g/mol. The highest BCUT2D eigenvalue weighted by Gasteiger charge is 2.21. The van der Waals surface area contributed by atoms with Gasteiger partial charge in [-0.05, 0) is 34.8 Å². The summed E-state index contributed by atoms with van der Waals surface area (Å²) < 4.78 is 6.35. The molecule has 0 aliphatic carbocycles. The molecule has 0 spiro atoms. The monoisotopic (exact) mass is 285 g/mol.